The molecule has 6 nitrogen and oxygen atoms in total. The van der Waals surface area contributed by atoms with Crippen LogP contribution in [0.25, 0.3) is 0 Å². The van der Waals surface area contributed by atoms with Gasteiger partial charge in [0.1, 0.15) is 6.61 Å². The Bertz CT molecular complexity index is 597. The van der Waals surface area contributed by atoms with Crippen molar-refractivity contribution < 1.29 is 19.1 Å². The van der Waals surface area contributed by atoms with E-state index in [9.17, 15) is 9.59 Å². The molecule has 21 heavy (non-hydrogen) atoms. The number of ether oxygens (including phenoxy) is 2. The number of rotatable bonds is 4. The predicted octanol–water partition coefficient (Wildman–Crippen LogP) is 1.21. The SMILES string of the molecule is COCCN1C(=O)N[C@@H](c2ccccc2)C2=C1COC2=O. The molecule has 3 rings (SSSR count). The first-order valence-corrected chi connectivity index (χ1v) is 6.74. The Hall–Kier alpha value is -2.34. The number of hydrogen-bond donors (Lipinski definition) is 1. The third-order valence-corrected chi connectivity index (χ3v) is 3.65. The minimum Gasteiger partial charge on any atom is -0.456 e. The fraction of sp³-hybridized carbons (Fsp3) is 0.333. The van der Waals surface area contributed by atoms with Crippen molar-refractivity contribution in [3.8, 4) is 0 Å². The van der Waals surface area contributed by atoms with Crippen LogP contribution in [-0.4, -0.2) is 43.8 Å². The maximum Gasteiger partial charge on any atom is 0.338 e. The summed E-state index contributed by atoms with van der Waals surface area (Å²) in [6.45, 7) is 0.919. The molecule has 0 aromatic heterocycles. The lowest BCUT2D eigenvalue weighted by Gasteiger charge is -2.32. The van der Waals surface area contributed by atoms with E-state index in [1.165, 1.54) is 4.90 Å². The summed E-state index contributed by atoms with van der Waals surface area (Å²) in [5, 5.41) is 2.87. The van der Waals surface area contributed by atoms with Gasteiger partial charge in [-0.3, -0.25) is 4.90 Å². The summed E-state index contributed by atoms with van der Waals surface area (Å²) in [7, 11) is 1.57. The van der Waals surface area contributed by atoms with Gasteiger partial charge in [0, 0.05) is 7.11 Å². The van der Waals surface area contributed by atoms with Crippen molar-refractivity contribution in [2.24, 2.45) is 0 Å². The highest BCUT2D eigenvalue weighted by molar-refractivity contribution is 5.97. The molecule has 1 N–H and O–H groups in total. The molecular formula is C15H16N2O4. The number of esters is 1. The zero-order valence-corrected chi connectivity index (χ0v) is 11.7. The van der Waals surface area contributed by atoms with Crippen LogP contribution in [0.4, 0.5) is 4.79 Å². The Morgan fingerprint density at radius 3 is 2.81 bits per heavy atom. The molecule has 0 aliphatic carbocycles. The molecule has 1 aromatic carbocycles. The number of urea groups is 1. The lowest BCUT2D eigenvalue weighted by molar-refractivity contribution is -0.136. The summed E-state index contributed by atoms with van der Waals surface area (Å²) in [4.78, 5) is 25.8. The second kappa shape index (κ2) is 5.57. The molecule has 0 unspecified atom stereocenters. The number of hydrogen-bond acceptors (Lipinski definition) is 4. The van der Waals surface area contributed by atoms with Crippen LogP contribution in [0, 0.1) is 0 Å². The van der Waals surface area contributed by atoms with Gasteiger partial charge < -0.3 is 14.8 Å². The van der Waals surface area contributed by atoms with E-state index in [2.05, 4.69) is 5.32 Å². The third-order valence-electron chi connectivity index (χ3n) is 3.65. The first-order valence-electron chi connectivity index (χ1n) is 6.74. The van der Waals surface area contributed by atoms with Crippen molar-refractivity contribution in [2.45, 2.75) is 6.04 Å². The van der Waals surface area contributed by atoms with Crippen LogP contribution in [0.15, 0.2) is 41.6 Å². The highest BCUT2D eigenvalue weighted by atomic mass is 16.5. The van der Waals surface area contributed by atoms with E-state index in [1.54, 1.807) is 7.11 Å². The van der Waals surface area contributed by atoms with Crippen LogP contribution in [0.5, 0.6) is 0 Å². The van der Waals surface area contributed by atoms with Crippen molar-refractivity contribution in [1.29, 1.82) is 0 Å². The predicted molar refractivity (Wildman–Crippen MR) is 74.3 cm³/mol. The maximum absolute atomic E-state index is 12.3. The number of nitrogens with one attached hydrogen (secondary N) is 1. The molecule has 2 aliphatic heterocycles. The zero-order valence-electron chi connectivity index (χ0n) is 11.7. The average Bonchev–Trinajstić information content (AvgIpc) is 2.89. The fourth-order valence-corrected chi connectivity index (χ4v) is 2.63. The molecule has 2 aliphatic rings. The highest BCUT2D eigenvalue weighted by Gasteiger charge is 2.41. The lowest BCUT2D eigenvalue weighted by atomic mass is 9.96. The number of carbonyl (C=O) groups excluding carboxylic acids is 2. The lowest BCUT2D eigenvalue weighted by Crippen LogP contribution is -2.48. The van der Waals surface area contributed by atoms with Gasteiger partial charge in [0.2, 0.25) is 0 Å². The number of carbonyl (C=O) groups is 2. The van der Waals surface area contributed by atoms with Gasteiger partial charge in [-0.1, -0.05) is 30.3 Å². The molecule has 0 radical (unpaired) electrons. The highest BCUT2D eigenvalue weighted by Crippen LogP contribution is 2.34. The molecule has 1 atom stereocenters. The number of methoxy groups -OCH3 is 1. The van der Waals surface area contributed by atoms with Crippen molar-refractivity contribution in [3.63, 3.8) is 0 Å². The van der Waals surface area contributed by atoms with Gasteiger partial charge in [0.15, 0.2) is 0 Å². The van der Waals surface area contributed by atoms with Gasteiger partial charge in [0.05, 0.1) is 30.5 Å². The van der Waals surface area contributed by atoms with E-state index >= 15 is 0 Å². The van der Waals surface area contributed by atoms with E-state index in [0.29, 0.717) is 24.4 Å². The van der Waals surface area contributed by atoms with Crippen molar-refractivity contribution >= 4 is 12.0 Å². The summed E-state index contributed by atoms with van der Waals surface area (Å²) in [6.07, 6.45) is 0. The van der Waals surface area contributed by atoms with Gasteiger partial charge in [0.25, 0.3) is 0 Å². The molecule has 2 amide bonds. The molecular weight excluding hydrogens is 272 g/mol. The second-order valence-corrected chi connectivity index (χ2v) is 4.87. The topological polar surface area (TPSA) is 67.9 Å². The van der Waals surface area contributed by atoms with Crippen molar-refractivity contribution in [2.75, 3.05) is 26.9 Å². The minimum atomic E-state index is -0.456. The number of amides is 2. The first-order chi connectivity index (χ1) is 10.2. The van der Waals surface area contributed by atoms with Gasteiger partial charge in [-0.2, -0.15) is 0 Å². The smallest absolute Gasteiger partial charge is 0.338 e. The molecule has 0 bridgehead atoms. The molecule has 6 heteroatoms. The summed E-state index contributed by atoms with van der Waals surface area (Å²) < 4.78 is 10.1. The second-order valence-electron chi connectivity index (χ2n) is 4.87. The largest absolute Gasteiger partial charge is 0.456 e. The van der Waals surface area contributed by atoms with Crippen LogP contribution < -0.4 is 5.32 Å². The summed E-state index contributed by atoms with van der Waals surface area (Å²) in [5.41, 5.74) is 2.01. The summed E-state index contributed by atoms with van der Waals surface area (Å²) in [5.74, 6) is -0.374. The van der Waals surface area contributed by atoms with Crippen LogP contribution in [0.1, 0.15) is 11.6 Å². The quantitative estimate of drug-likeness (QED) is 0.846. The van der Waals surface area contributed by atoms with Crippen LogP contribution in [0.3, 0.4) is 0 Å². The van der Waals surface area contributed by atoms with Crippen LogP contribution in [0.2, 0.25) is 0 Å². The monoisotopic (exact) mass is 288 g/mol. The van der Waals surface area contributed by atoms with Crippen molar-refractivity contribution in [1.82, 2.24) is 10.2 Å². The number of nitrogens with zero attached hydrogens (tertiary/aromatic N) is 1. The summed E-state index contributed by atoms with van der Waals surface area (Å²) >= 11 is 0. The Kier molecular flexibility index (Phi) is 3.62. The molecule has 0 spiro atoms. The number of benzene rings is 1. The Morgan fingerprint density at radius 1 is 1.33 bits per heavy atom. The van der Waals surface area contributed by atoms with E-state index in [0.717, 1.165) is 5.56 Å². The number of cyclic esters (lactones) is 1. The minimum absolute atomic E-state index is 0.134. The molecule has 0 fully saturated rings. The Labute approximate surface area is 122 Å². The summed E-state index contributed by atoms with van der Waals surface area (Å²) in [6, 6.07) is 8.71. The molecule has 0 saturated heterocycles. The van der Waals surface area contributed by atoms with Crippen LogP contribution >= 0.6 is 0 Å². The normalized spacial score (nSPS) is 21.2. The van der Waals surface area contributed by atoms with Gasteiger partial charge >= 0.3 is 12.0 Å². The van der Waals surface area contributed by atoms with Gasteiger partial charge in [-0.15, -0.1) is 0 Å². The van der Waals surface area contributed by atoms with E-state index < -0.39 is 6.04 Å². The molecule has 1 aromatic rings. The van der Waals surface area contributed by atoms with E-state index in [1.807, 2.05) is 30.3 Å². The van der Waals surface area contributed by atoms with E-state index in [4.69, 9.17) is 9.47 Å². The van der Waals surface area contributed by atoms with Gasteiger partial charge in [-0.25, -0.2) is 9.59 Å². The fourth-order valence-electron chi connectivity index (χ4n) is 2.63. The molecule has 0 saturated carbocycles. The third kappa shape index (κ3) is 2.38. The zero-order chi connectivity index (χ0) is 14.8. The van der Waals surface area contributed by atoms with E-state index in [-0.39, 0.29) is 18.6 Å². The van der Waals surface area contributed by atoms with Gasteiger partial charge in [-0.05, 0) is 5.56 Å². The molecule has 2 heterocycles. The molecule has 110 valence electrons. The Balaban J connectivity index is 1.99. The standard InChI is InChI=1S/C15H16N2O4/c1-20-8-7-17-11-9-21-14(18)12(11)13(16-15(17)19)10-5-3-2-4-6-10/h2-6,13H,7-9H2,1H3,(H,16,19)/t13-/m0/s1. The maximum atomic E-state index is 12.3. The van der Waals surface area contributed by atoms with Crippen molar-refractivity contribution in [3.05, 3.63) is 47.2 Å². The first kappa shape index (κ1) is 13.6. The average molecular weight is 288 g/mol. The van der Waals surface area contributed by atoms with Crippen LogP contribution in [-0.2, 0) is 14.3 Å². The Morgan fingerprint density at radius 2 is 2.10 bits per heavy atom.